The topological polar surface area (TPSA) is 73.3 Å². The Hall–Kier alpha value is -2.17. The molecule has 2 heterocycles. The van der Waals surface area contributed by atoms with Crippen molar-refractivity contribution >= 4 is 17.6 Å². The molecule has 1 aliphatic carbocycles. The zero-order valence-electron chi connectivity index (χ0n) is 7.79. The normalized spacial score (nSPS) is 18.3. The summed E-state index contributed by atoms with van der Waals surface area (Å²) in [6, 6.07) is 0. The molecule has 0 bridgehead atoms. The third kappa shape index (κ3) is 0.999. The zero-order valence-corrected chi connectivity index (χ0v) is 7.79. The second-order valence-electron chi connectivity index (χ2n) is 3.45. The van der Waals surface area contributed by atoms with Gasteiger partial charge in [0.1, 0.15) is 0 Å². The molecule has 1 atom stereocenters. The van der Waals surface area contributed by atoms with Crippen molar-refractivity contribution in [2.24, 2.45) is 5.73 Å². The van der Waals surface area contributed by atoms with Crippen LogP contribution in [0.4, 0.5) is 0 Å². The van der Waals surface area contributed by atoms with Gasteiger partial charge in [-0.1, -0.05) is 12.2 Å². The van der Waals surface area contributed by atoms with E-state index in [0.29, 0.717) is 0 Å². The molecule has 5 heteroatoms. The highest BCUT2D eigenvalue weighted by Gasteiger charge is 2.24. The van der Waals surface area contributed by atoms with Crippen LogP contribution in [-0.4, -0.2) is 20.5 Å². The lowest BCUT2D eigenvalue weighted by Gasteiger charge is -2.06. The predicted molar refractivity (Wildman–Crippen MR) is 54.0 cm³/mol. The number of imidazole rings is 1. The molecular weight excluding hydrogens is 192 g/mol. The van der Waals surface area contributed by atoms with Crippen molar-refractivity contribution in [1.29, 1.82) is 0 Å². The molecule has 0 aliphatic heterocycles. The first kappa shape index (κ1) is 8.16. The van der Waals surface area contributed by atoms with Crippen LogP contribution in [0.2, 0.25) is 0 Å². The SMILES string of the molecule is NC(=O)C1C=Cc2c1cnn1ccnc21. The highest BCUT2D eigenvalue weighted by atomic mass is 16.1. The second-order valence-corrected chi connectivity index (χ2v) is 3.45. The Morgan fingerprint density at radius 2 is 2.40 bits per heavy atom. The lowest BCUT2D eigenvalue weighted by Crippen LogP contribution is -2.19. The van der Waals surface area contributed by atoms with Crippen LogP contribution in [0.25, 0.3) is 11.7 Å². The van der Waals surface area contributed by atoms with E-state index in [4.69, 9.17) is 5.73 Å². The number of nitrogens with two attached hydrogens (primary N) is 1. The summed E-state index contributed by atoms with van der Waals surface area (Å²) in [7, 11) is 0. The Kier molecular flexibility index (Phi) is 1.45. The molecule has 1 amide bonds. The van der Waals surface area contributed by atoms with E-state index >= 15 is 0 Å². The van der Waals surface area contributed by atoms with Gasteiger partial charge in [0.15, 0.2) is 5.65 Å². The standard InChI is InChI=1S/C10H8N4O/c11-9(15)6-1-2-7-8(6)5-13-14-4-3-12-10(7)14/h1-6H,(H2,11,15). The first-order valence-electron chi connectivity index (χ1n) is 4.57. The van der Waals surface area contributed by atoms with Crippen molar-refractivity contribution in [2.75, 3.05) is 0 Å². The number of carbonyl (C=O) groups excluding carboxylic acids is 1. The molecule has 1 aliphatic rings. The molecule has 2 aromatic heterocycles. The fourth-order valence-electron chi connectivity index (χ4n) is 1.87. The van der Waals surface area contributed by atoms with E-state index in [-0.39, 0.29) is 11.8 Å². The van der Waals surface area contributed by atoms with Gasteiger partial charge in [0.05, 0.1) is 12.1 Å². The molecular formula is C10H8N4O. The van der Waals surface area contributed by atoms with E-state index in [9.17, 15) is 4.79 Å². The number of rotatable bonds is 1. The molecule has 2 N–H and O–H groups in total. The van der Waals surface area contributed by atoms with Crippen molar-refractivity contribution in [2.45, 2.75) is 5.92 Å². The number of hydrogen-bond acceptors (Lipinski definition) is 3. The summed E-state index contributed by atoms with van der Waals surface area (Å²) in [6.07, 6.45) is 8.76. The predicted octanol–water partition coefficient (Wildman–Crippen LogP) is 0.325. The summed E-state index contributed by atoms with van der Waals surface area (Å²) in [5, 5.41) is 4.15. The number of aromatic nitrogens is 3. The maximum absolute atomic E-state index is 11.2. The van der Waals surface area contributed by atoms with E-state index in [2.05, 4.69) is 10.1 Å². The number of nitrogens with zero attached hydrogens (tertiary/aromatic N) is 3. The summed E-state index contributed by atoms with van der Waals surface area (Å²) in [6.45, 7) is 0. The smallest absolute Gasteiger partial charge is 0.228 e. The summed E-state index contributed by atoms with van der Waals surface area (Å²) in [4.78, 5) is 15.3. The van der Waals surface area contributed by atoms with Crippen molar-refractivity contribution in [3.63, 3.8) is 0 Å². The van der Waals surface area contributed by atoms with Crippen LogP contribution in [0.3, 0.4) is 0 Å². The highest BCUT2D eigenvalue weighted by molar-refractivity contribution is 5.91. The lowest BCUT2D eigenvalue weighted by atomic mass is 10.0. The number of hydrogen-bond donors (Lipinski definition) is 1. The van der Waals surface area contributed by atoms with Crippen LogP contribution in [0.5, 0.6) is 0 Å². The van der Waals surface area contributed by atoms with Crippen LogP contribution in [0.1, 0.15) is 17.0 Å². The number of carbonyl (C=O) groups is 1. The average molecular weight is 200 g/mol. The molecule has 0 saturated heterocycles. The quantitative estimate of drug-likeness (QED) is 0.720. The molecule has 2 aromatic rings. The molecule has 0 fully saturated rings. The molecule has 5 nitrogen and oxygen atoms in total. The Morgan fingerprint density at radius 3 is 3.20 bits per heavy atom. The molecule has 3 rings (SSSR count). The van der Waals surface area contributed by atoms with Crippen molar-refractivity contribution in [1.82, 2.24) is 14.6 Å². The Balaban J connectivity index is 2.30. The largest absolute Gasteiger partial charge is 0.369 e. The van der Waals surface area contributed by atoms with E-state index in [0.717, 1.165) is 16.8 Å². The minimum atomic E-state index is -0.366. The first-order chi connectivity index (χ1) is 7.27. The minimum absolute atomic E-state index is 0.359. The fourth-order valence-corrected chi connectivity index (χ4v) is 1.87. The van der Waals surface area contributed by atoms with Gasteiger partial charge in [-0.3, -0.25) is 4.79 Å². The van der Waals surface area contributed by atoms with Crippen LogP contribution >= 0.6 is 0 Å². The van der Waals surface area contributed by atoms with E-state index in [1.165, 1.54) is 0 Å². The highest BCUT2D eigenvalue weighted by Crippen LogP contribution is 2.30. The average Bonchev–Trinajstić information content (AvgIpc) is 2.82. The third-order valence-corrected chi connectivity index (χ3v) is 2.59. The van der Waals surface area contributed by atoms with Crippen molar-refractivity contribution < 1.29 is 4.79 Å². The van der Waals surface area contributed by atoms with E-state index in [1.807, 2.05) is 6.08 Å². The molecule has 0 spiro atoms. The first-order valence-corrected chi connectivity index (χ1v) is 4.57. The molecule has 0 saturated carbocycles. The number of amides is 1. The van der Waals surface area contributed by atoms with Crippen LogP contribution in [0, 0.1) is 0 Å². The molecule has 0 aromatic carbocycles. The van der Waals surface area contributed by atoms with Gasteiger partial charge in [-0.2, -0.15) is 5.10 Å². The van der Waals surface area contributed by atoms with Gasteiger partial charge in [0, 0.05) is 18.0 Å². The number of fused-ring (bicyclic) bond motifs is 3. The van der Waals surface area contributed by atoms with Crippen molar-refractivity contribution in [3.8, 4) is 0 Å². The monoisotopic (exact) mass is 200 g/mol. The van der Waals surface area contributed by atoms with Gasteiger partial charge in [-0.05, 0) is 5.56 Å². The van der Waals surface area contributed by atoms with Crippen LogP contribution in [-0.2, 0) is 4.79 Å². The zero-order chi connectivity index (χ0) is 10.4. The minimum Gasteiger partial charge on any atom is -0.369 e. The molecule has 74 valence electrons. The van der Waals surface area contributed by atoms with Gasteiger partial charge in [-0.15, -0.1) is 0 Å². The summed E-state index contributed by atoms with van der Waals surface area (Å²) in [5.41, 5.74) is 7.81. The van der Waals surface area contributed by atoms with Gasteiger partial charge >= 0.3 is 0 Å². The second kappa shape index (κ2) is 2.66. The lowest BCUT2D eigenvalue weighted by molar-refractivity contribution is -0.118. The van der Waals surface area contributed by atoms with Crippen LogP contribution in [0.15, 0.2) is 24.7 Å². The van der Waals surface area contributed by atoms with E-state index in [1.54, 1.807) is 29.2 Å². The Morgan fingerprint density at radius 1 is 1.53 bits per heavy atom. The van der Waals surface area contributed by atoms with Crippen LogP contribution < -0.4 is 5.73 Å². The van der Waals surface area contributed by atoms with Crippen molar-refractivity contribution in [3.05, 3.63) is 35.8 Å². The van der Waals surface area contributed by atoms with Gasteiger partial charge in [0.25, 0.3) is 0 Å². The Labute approximate surface area is 85.2 Å². The summed E-state index contributed by atoms with van der Waals surface area (Å²) in [5.74, 6) is -0.725. The third-order valence-electron chi connectivity index (χ3n) is 2.59. The maximum Gasteiger partial charge on any atom is 0.228 e. The maximum atomic E-state index is 11.2. The van der Waals surface area contributed by atoms with E-state index < -0.39 is 0 Å². The van der Waals surface area contributed by atoms with Gasteiger partial charge in [-0.25, -0.2) is 9.50 Å². The van der Waals surface area contributed by atoms with Gasteiger partial charge in [0.2, 0.25) is 5.91 Å². The number of primary amides is 1. The summed E-state index contributed by atoms with van der Waals surface area (Å²) >= 11 is 0. The molecule has 1 unspecified atom stereocenters. The Bertz CT molecular complexity index is 584. The molecule has 15 heavy (non-hydrogen) atoms. The summed E-state index contributed by atoms with van der Waals surface area (Å²) < 4.78 is 1.67. The molecule has 0 radical (unpaired) electrons. The van der Waals surface area contributed by atoms with Gasteiger partial charge < -0.3 is 5.73 Å². The fraction of sp³-hybridized carbons (Fsp3) is 0.100.